The summed E-state index contributed by atoms with van der Waals surface area (Å²) in [5.74, 6) is 0.414. The van der Waals surface area contributed by atoms with Crippen LogP contribution in [-0.2, 0) is 0 Å². The molecule has 2 atom stereocenters. The predicted molar refractivity (Wildman–Crippen MR) is 73.8 cm³/mol. The van der Waals surface area contributed by atoms with E-state index in [4.69, 9.17) is 5.73 Å². The molecule has 19 heavy (non-hydrogen) atoms. The van der Waals surface area contributed by atoms with Crippen LogP contribution < -0.4 is 5.73 Å². The molecular formula is C14H18N4O. The smallest absolute Gasteiger partial charge is 0.275 e. The largest absolute Gasteiger partial charge is 0.335 e. The Balaban J connectivity index is 1.91. The molecule has 3 rings (SSSR count). The van der Waals surface area contributed by atoms with E-state index in [1.807, 2.05) is 29.2 Å². The minimum atomic E-state index is -0.0283. The maximum Gasteiger partial charge on any atom is 0.275 e. The van der Waals surface area contributed by atoms with E-state index >= 15 is 0 Å². The number of rotatable bonds is 1. The first kappa shape index (κ1) is 12.2. The minimum absolute atomic E-state index is 0.0283. The van der Waals surface area contributed by atoms with Gasteiger partial charge < -0.3 is 10.6 Å². The number of benzene rings is 1. The van der Waals surface area contributed by atoms with Crippen molar-refractivity contribution in [1.29, 1.82) is 0 Å². The van der Waals surface area contributed by atoms with E-state index in [0.717, 1.165) is 23.9 Å². The summed E-state index contributed by atoms with van der Waals surface area (Å²) < 4.78 is 0. The van der Waals surface area contributed by atoms with Gasteiger partial charge in [0, 0.05) is 24.5 Å². The molecule has 0 spiro atoms. The zero-order chi connectivity index (χ0) is 13.4. The van der Waals surface area contributed by atoms with Crippen molar-refractivity contribution in [1.82, 2.24) is 15.1 Å². The van der Waals surface area contributed by atoms with Gasteiger partial charge in [-0.1, -0.05) is 25.1 Å². The van der Waals surface area contributed by atoms with Crippen LogP contribution in [0.2, 0.25) is 0 Å². The number of nitrogens with two attached hydrogens (primary N) is 1. The molecule has 5 nitrogen and oxygen atoms in total. The quantitative estimate of drug-likeness (QED) is 0.811. The molecule has 1 aliphatic heterocycles. The molecule has 2 heterocycles. The zero-order valence-corrected chi connectivity index (χ0v) is 11.0. The number of para-hydroxylation sites is 1. The van der Waals surface area contributed by atoms with Gasteiger partial charge in [0.05, 0.1) is 5.52 Å². The molecule has 1 fully saturated rings. The molecule has 0 aliphatic carbocycles. The summed E-state index contributed by atoms with van der Waals surface area (Å²) in [6.07, 6.45) is 0.977. The molecule has 1 aliphatic rings. The lowest BCUT2D eigenvalue weighted by molar-refractivity contribution is 0.0657. The van der Waals surface area contributed by atoms with Crippen LogP contribution >= 0.6 is 0 Å². The Labute approximate surface area is 111 Å². The van der Waals surface area contributed by atoms with E-state index in [9.17, 15) is 4.79 Å². The van der Waals surface area contributed by atoms with E-state index in [1.54, 1.807) is 0 Å². The molecular weight excluding hydrogens is 240 g/mol. The molecule has 0 radical (unpaired) electrons. The molecule has 100 valence electrons. The summed E-state index contributed by atoms with van der Waals surface area (Å²) in [6.45, 7) is 3.50. The topological polar surface area (TPSA) is 75.0 Å². The van der Waals surface area contributed by atoms with Crippen LogP contribution in [0.25, 0.3) is 10.9 Å². The summed E-state index contributed by atoms with van der Waals surface area (Å²) in [5.41, 5.74) is 7.38. The van der Waals surface area contributed by atoms with Crippen molar-refractivity contribution >= 4 is 16.8 Å². The molecule has 3 N–H and O–H groups in total. The van der Waals surface area contributed by atoms with E-state index in [-0.39, 0.29) is 11.9 Å². The van der Waals surface area contributed by atoms with Crippen molar-refractivity contribution in [2.45, 2.75) is 19.4 Å². The van der Waals surface area contributed by atoms with Gasteiger partial charge in [0.15, 0.2) is 5.69 Å². The fourth-order valence-electron chi connectivity index (χ4n) is 2.84. The van der Waals surface area contributed by atoms with Crippen molar-refractivity contribution in [3.05, 3.63) is 30.0 Å². The highest BCUT2D eigenvalue weighted by Crippen LogP contribution is 2.21. The lowest BCUT2D eigenvalue weighted by atomic mass is 9.96. The summed E-state index contributed by atoms with van der Waals surface area (Å²) in [5, 5.41) is 7.94. The average Bonchev–Trinajstić information content (AvgIpc) is 2.80. The van der Waals surface area contributed by atoms with Gasteiger partial charge in [-0.25, -0.2) is 0 Å². The molecule has 1 amide bonds. The molecule has 2 unspecified atom stereocenters. The number of amides is 1. The van der Waals surface area contributed by atoms with Gasteiger partial charge >= 0.3 is 0 Å². The number of carbonyl (C=O) groups excluding carboxylic acids is 1. The summed E-state index contributed by atoms with van der Waals surface area (Å²) in [4.78, 5) is 14.4. The number of carbonyl (C=O) groups is 1. The molecule has 5 heteroatoms. The van der Waals surface area contributed by atoms with Crippen molar-refractivity contribution in [3.63, 3.8) is 0 Å². The normalized spacial score (nSPS) is 23.8. The highest BCUT2D eigenvalue weighted by molar-refractivity contribution is 6.04. The molecule has 0 bridgehead atoms. The average molecular weight is 258 g/mol. The lowest BCUT2D eigenvalue weighted by Gasteiger charge is -2.34. The van der Waals surface area contributed by atoms with Crippen LogP contribution in [0, 0.1) is 5.92 Å². The van der Waals surface area contributed by atoms with Crippen LogP contribution in [0.5, 0.6) is 0 Å². The second kappa shape index (κ2) is 4.66. The molecule has 0 saturated carbocycles. The molecule has 1 saturated heterocycles. The Morgan fingerprint density at radius 1 is 1.42 bits per heavy atom. The Morgan fingerprint density at radius 2 is 2.21 bits per heavy atom. The van der Waals surface area contributed by atoms with Crippen molar-refractivity contribution in [2.75, 3.05) is 13.1 Å². The standard InChI is InChI=1S/C14H18N4O/c1-9-6-10(15)8-18(7-9)14(19)13-11-4-2-3-5-12(11)16-17-13/h2-5,9-10H,6-8,15H2,1H3,(H,16,17). The van der Waals surface area contributed by atoms with E-state index in [2.05, 4.69) is 17.1 Å². The van der Waals surface area contributed by atoms with Gasteiger partial charge in [-0.15, -0.1) is 0 Å². The summed E-state index contributed by atoms with van der Waals surface area (Å²) in [7, 11) is 0. The van der Waals surface area contributed by atoms with Crippen molar-refractivity contribution in [2.24, 2.45) is 11.7 Å². The third-order valence-electron chi connectivity index (χ3n) is 3.65. The molecule has 1 aromatic carbocycles. The number of fused-ring (bicyclic) bond motifs is 1. The van der Waals surface area contributed by atoms with Crippen LogP contribution in [0.1, 0.15) is 23.8 Å². The Kier molecular flexibility index (Phi) is 2.98. The SMILES string of the molecule is CC1CC(N)CN(C(=O)c2n[nH]c3ccccc23)C1. The number of nitrogens with zero attached hydrogens (tertiary/aromatic N) is 2. The number of likely N-dealkylation sites (tertiary alicyclic amines) is 1. The van der Waals surface area contributed by atoms with Crippen LogP contribution in [-0.4, -0.2) is 40.1 Å². The Morgan fingerprint density at radius 3 is 3.00 bits per heavy atom. The number of H-pyrrole nitrogens is 1. The van der Waals surface area contributed by atoms with Gasteiger partial charge in [0.25, 0.3) is 5.91 Å². The van der Waals surface area contributed by atoms with Crippen LogP contribution in [0.3, 0.4) is 0 Å². The number of hydrogen-bond donors (Lipinski definition) is 2. The lowest BCUT2D eigenvalue weighted by Crippen LogP contribution is -2.48. The summed E-state index contributed by atoms with van der Waals surface area (Å²) >= 11 is 0. The second-order valence-corrected chi connectivity index (χ2v) is 5.43. The van der Waals surface area contributed by atoms with Crippen molar-refractivity contribution < 1.29 is 4.79 Å². The number of nitrogens with one attached hydrogen (secondary N) is 1. The predicted octanol–water partition coefficient (Wildman–Crippen LogP) is 1.37. The molecule has 1 aromatic heterocycles. The zero-order valence-electron chi connectivity index (χ0n) is 11.0. The van der Waals surface area contributed by atoms with E-state index in [1.165, 1.54) is 0 Å². The summed E-state index contributed by atoms with van der Waals surface area (Å²) in [6, 6.07) is 7.74. The van der Waals surface area contributed by atoms with Gasteiger partial charge in [0.1, 0.15) is 0 Å². The van der Waals surface area contributed by atoms with Crippen molar-refractivity contribution in [3.8, 4) is 0 Å². The van der Waals surface area contributed by atoms with E-state index < -0.39 is 0 Å². The number of piperidine rings is 1. The highest BCUT2D eigenvalue weighted by Gasteiger charge is 2.28. The number of aromatic nitrogens is 2. The fraction of sp³-hybridized carbons (Fsp3) is 0.429. The maximum absolute atomic E-state index is 12.6. The van der Waals surface area contributed by atoms with Crippen LogP contribution in [0.4, 0.5) is 0 Å². The Hall–Kier alpha value is -1.88. The first-order valence-corrected chi connectivity index (χ1v) is 6.63. The van der Waals surface area contributed by atoms with Gasteiger partial charge in [-0.05, 0) is 18.4 Å². The first-order chi connectivity index (χ1) is 9.15. The number of hydrogen-bond acceptors (Lipinski definition) is 3. The Bertz CT molecular complexity index is 596. The molecule has 2 aromatic rings. The first-order valence-electron chi connectivity index (χ1n) is 6.63. The maximum atomic E-state index is 12.6. The van der Waals surface area contributed by atoms with Gasteiger partial charge in [-0.2, -0.15) is 5.10 Å². The fourth-order valence-corrected chi connectivity index (χ4v) is 2.84. The van der Waals surface area contributed by atoms with Crippen LogP contribution in [0.15, 0.2) is 24.3 Å². The highest BCUT2D eigenvalue weighted by atomic mass is 16.2. The third kappa shape index (κ3) is 2.21. The monoisotopic (exact) mass is 258 g/mol. The minimum Gasteiger partial charge on any atom is -0.335 e. The second-order valence-electron chi connectivity index (χ2n) is 5.43. The number of aromatic amines is 1. The van der Waals surface area contributed by atoms with E-state index in [0.29, 0.717) is 18.2 Å². The third-order valence-corrected chi connectivity index (χ3v) is 3.65. The van der Waals surface area contributed by atoms with Gasteiger partial charge in [0.2, 0.25) is 0 Å². The van der Waals surface area contributed by atoms with Gasteiger partial charge in [-0.3, -0.25) is 9.89 Å².